The van der Waals surface area contributed by atoms with E-state index in [1.807, 2.05) is 37.3 Å². The van der Waals surface area contributed by atoms with Gasteiger partial charge in [-0.15, -0.1) is 11.3 Å². The van der Waals surface area contributed by atoms with Gasteiger partial charge in [-0.05, 0) is 42.8 Å². The topological polar surface area (TPSA) is 86.2 Å². The molecule has 0 saturated heterocycles. The molecule has 9 heteroatoms. The SMILES string of the molecule is Cc1ccc(NC(=O)Cn2c(=O)n(Cc3ccco3)c(=O)c3sc4ccccc4c32)c(Cl)c1. The number of thiophene rings is 1. The van der Waals surface area contributed by atoms with E-state index < -0.39 is 17.2 Å². The minimum atomic E-state index is -0.586. The lowest BCUT2D eigenvalue weighted by Gasteiger charge is -2.13. The summed E-state index contributed by atoms with van der Waals surface area (Å²) in [5.74, 6) is 0.0414. The second kappa shape index (κ2) is 8.38. The van der Waals surface area contributed by atoms with Crippen LogP contribution in [-0.4, -0.2) is 15.0 Å². The number of carbonyl (C=O) groups excluding carboxylic acids is 1. The molecule has 0 radical (unpaired) electrons. The van der Waals surface area contributed by atoms with E-state index in [0.717, 1.165) is 20.2 Å². The highest BCUT2D eigenvalue weighted by atomic mass is 35.5. The molecule has 33 heavy (non-hydrogen) atoms. The molecule has 0 bridgehead atoms. The fourth-order valence-corrected chi connectivity index (χ4v) is 5.23. The average molecular weight is 480 g/mol. The normalized spacial score (nSPS) is 11.3. The van der Waals surface area contributed by atoms with Gasteiger partial charge in [0, 0.05) is 10.1 Å². The maximum Gasteiger partial charge on any atom is 0.332 e. The molecule has 0 spiro atoms. The lowest BCUT2D eigenvalue weighted by molar-refractivity contribution is -0.116. The summed E-state index contributed by atoms with van der Waals surface area (Å²) in [7, 11) is 0. The molecular formula is C24H18ClN3O4S. The molecule has 1 amide bonds. The minimum absolute atomic E-state index is 0.0275. The van der Waals surface area contributed by atoms with Crippen LogP contribution in [0.15, 0.2) is 74.9 Å². The number of benzene rings is 2. The van der Waals surface area contributed by atoms with Crippen molar-refractivity contribution in [3.63, 3.8) is 0 Å². The van der Waals surface area contributed by atoms with Crippen LogP contribution in [-0.2, 0) is 17.9 Å². The molecule has 5 rings (SSSR count). The maximum absolute atomic E-state index is 13.5. The number of hydrogen-bond acceptors (Lipinski definition) is 5. The number of aryl methyl sites for hydroxylation is 1. The molecule has 0 unspecified atom stereocenters. The van der Waals surface area contributed by atoms with Gasteiger partial charge in [0.1, 0.15) is 17.0 Å². The summed E-state index contributed by atoms with van der Waals surface area (Å²) < 4.78 is 9.05. The summed E-state index contributed by atoms with van der Waals surface area (Å²) in [5.41, 5.74) is 0.871. The average Bonchev–Trinajstić information content (AvgIpc) is 3.44. The van der Waals surface area contributed by atoms with Gasteiger partial charge in [-0.2, -0.15) is 0 Å². The third kappa shape index (κ3) is 3.88. The Balaban J connectivity index is 1.65. The van der Waals surface area contributed by atoms with E-state index in [2.05, 4.69) is 5.32 Å². The molecule has 1 N–H and O–H groups in total. The Labute approximate surface area is 196 Å². The number of aromatic nitrogens is 2. The van der Waals surface area contributed by atoms with Crippen molar-refractivity contribution in [3.8, 4) is 0 Å². The van der Waals surface area contributed by atoms with Crippen molar-refractivity contribution in [1.29, 1.82) is 0 Å². The number of hydrogen-bond donors (Lipinski definition) is 1. The first kappa shape index (κ1) is 21.2. The number of fused-ring (bicyclic) bond motifs is 3. The molecule has 0 aliphatic heterocycles. The van der Waals surface area contributed by atoms with Gasteiger partial charge in [0.2, 0.25) is 5.91 Å². The summed E-state index contributed by atoms with van der Waals surface area (Å²) in [5, 5.41) is 3.92. The summed E-state index contributed by atoms with van der Waals surface area (Å²) in [6.45, 7) is 1.59. The number of rotatable bonds is 5. The third-order valence-corrected chi connectivity index (χ3v) is 6.80. The van der Waals surface area contributed by atoms with Crippen LogP contribution in [0, 0.1) is 6.92 Å². The fraction of sp³-hybridized carbons (Fsp3) is 0.125. The number of furan rings is 1. The van der Waals surface area contributed by atoms with E-state index >= 15 is 0 Å². The van der Waals surface area contributed by atoms with Crippen LogP contribution < -0.4 is 16.6 Å². The highest BCUT2D eigenvalue weighted by Gasteiger charge is 2.20. The Morgan fingerprint density at radius 1 is 1.09 bits per heavy atom. The highest BCUT2D eigenvalue weighted by Crippen LogP contribution is 2.31. The number of nitrogens with one attached hydrogen (secondary N) is 1. The Morgan fingerprint density at radius 2 is 1.91 bits per heavy atom. The van der Waals surface area contributed by atoms with Gasteiger partial charge in [0.25, 0.3) is 5.56 Å². The first-order chi connectivity index (χ1) is 15.9. The number of carbonyl (C=O) groups is 1. The zero-order chi connectivity index (χ0) is 23.1. The van der Waals surface area contributed by atoms with E-state index in [0.29, 0.717) is 26.7 Å². The van der Waals surface area contributed by atoms with Crippen molar-refractivity contribution in [2.75, 3.05) is 5.32 Å². The lowest BCUT2D eigenvalue weighted by atomic mass is 10.2. The fourth-order valence-electron chi connectivity index (χ4n) is 3.79. The summed E-state index contributed by atoms with van der Waals surface area (Å²) >= 11 is 7.55. The largest absolute Gasteiger partial charge is 0.467 e. The van der Waals surface area contributed by atoms with Crippen LogP contribution >= 0.6 is 22.9 Å². The predicted octanol–water partition coefficient (Wildman–Crippen LogP) is 4.62. The van der Waals surface area contributed by atoms with Crippen LogP contribution in [0.3, 0.4) is 0 Å². The summed E-state index contributed by atoms with van der Waals surface area (Å²) in [6.07, 6.45) is 1.48. The molecule has 0 saturated carbocycles. The van der Waals surface area contributed by atoms with Gasteiger partial charge in [-0.25, -0.2) is 4.79 Å². The van der Waals surface area contributed by atoms with Gasteiger partial charge >= 0.3 is 5.69 Å². The van der Waals surface area contributed by atoms with Crippen LogP contribution in [0.4, 0.5) is 5.69 Å². The number of nitrogens with zero attached hydrogens (tertiary/aromatic N) is 2. The van der Waals surface area contributed by atoms with Crippen LogP contribution in [0.25, 0.3) is 20.3 Å². The van der Waals surface area contributed by atoms with E-state index in [4.69, 9.17) is 16.0 Å². The Kier molecular flexibility index (Phi) is 5.39. The molecule has 2 aromatic carbocycles. The zero-order valence-corrected chi connectivity index (χ0v) is 19.1. The van der Waals surface area contributed by atoms with Gasteiger partial charge in [0.15, 0.2) is 0 Å². The molecular weight excluding hydrogens is 462 g/mol. The Bertz CT molecular complexity index is 1630. The first-order valence-corrected chi connectivity index (χ1v) is 11.3. The lowest BCUT2D eigenvalue weighted by Crippen LogP contribution is -2.41. The van der Waals surface area contributed by atoms with Crippen molar-refractivity contribution in [2.24, 2.45) is 0 Å². The molecule has 0 atom stereocenters. The van der Waals surface area contributed by atoms with Crippen LogP contribution in [0.1, 0.15) is 11.3 Å². The number of anilines is 1. The van der Waals surface area contributed by atoms with Gasteiger partial charge in [-0.3, -0.25) is 18.7 Å². The van der Waals surface area contributed by atoms with Crippen molar-refractivity contribution >= 4 is 54.8 Å². The van der Waals surface area contributed by atoms with Crippen molar-refractivity contribution in [2.45, 2.75) is 20.0 Å². The molecule has 7 nitrogen and oxygen atoms in total. The van der Waals surface area contributed by atoms with Gasteiger partial charge < -0.3 is 9.73 Å². The monoisotopic (exact) mass is 479 g/mol. The molecule has 0 aliphatic carbocycles. The van der Waals surface area contributed by atoms with Gasteiger partial charge in [-0.1, -0.05) is 35.9 Å². The molecule has 5 aromatic rings. The molecule has 0 fully saturated rings. The minimum Gasteiger partial charge on any atom is -0.467 e. The van der Waals surface area contributed by atoms with E-state index in [-0.39, 0.29) is 13.1 Å². The molecule has 3 aromatic heterocycles. The molecule has 3 heterocycles. The predicted molar refractivity (Wildman–Crippen MR) is 130 cm³/mol. The Morgan fingerprint density at radius 3 is 2.67 bits per heavy atom. The van der Waals surface area contributed by atoms with Crippen LogP contribution in [0.2, 0.25) is 5.02 Å². The van der Waals surface area contributed by atoms with E-state index in [9.17, 15) is 14.4 Å². The molecule has 0 aliphatic rings. The van der Waals surface area contributed by atoms with Gasteiger partial charge in [0.05, 0.1) is 29.0 Å². The van der Waals surface area contributed by atoms with Crippen LogP contribution in [0.5, 0.6) is 0 Å². The van der Waals surface area contributed by atoms with Crippen molar-refractivity contribution < 1.29 is 9.21 Å². The second-order valence-electron chi connectivity index (χ2n) is 7.65. The standard InChI is InChI=1S/C24H18ClN3O4S/c1-14-8-9-18(17(25)11-14)26-20(29)13-27-21-16-6-2-3-7-19(16)33-22(21)23(30)28(24(27)31)12-15-5-4-10-32-15/h2-11H,12-13H2,1H3,(H,26,29). The second-order valence-corrected chi connectivity index (χ2v) is 9.11. The smallest absolute Gasteiger partial charge is 0.332 e. The number of halogens is 1. The Hall–Kier alpha value is -3.62. The van der Waals surface area contributed by atoms with Crippen molar-refractivity contribution in [3.05, 3.63) is 98.0 Å². The third-order valence-electron chi connectivity index (χ3n) is 5.33. The maximum atomic E-state index is 13.5. The van der Waals surface area contributed by atoms with Crippen molar-refractivity contribution in [1.82, 2.24) is 9.13 Å². The first-order valence-electron chi connectivity index (χ1n) is 10.2. The van der Waals surface area contributed by atoms with E-state index in [1.54, 1.807) is 24.3 Å². The van der Waals surface area contributed by atoms with E-state index in [1.165, 1.54) is 22.2 Å². The zero-order valence-electron chi connectivity index (χ0n) is 17.5. The summed E-state index contributed by atoms with van der Waals surface area (Å²) in [4.78, 5) is 39.7. The highest BCUT2D eigenvalue weighted by molar-refractivity contribution is 7.25. The molecule has 166 valence electrons. The summed E-state index contributed by atoms with van der Waals surface area (Å²) in [6, 6.07) is 16.1. The number of amides is 1. The quantitative estimate of drug-likeness (QED) is 0.398.